The maximum absolute atomic E-state index is 12.0. The Morgan fingerprint density at radius 1 is 1.17 bits per heavy atom. The molecule has 0 aliphatic carbocycles. The fourth-order valence-corrected chi connectivity index (χ4v) is 1.97. The SMILES string of the molecule is Cc1ccccc1C(=O)NCc1cccc(Cl)c1. The molecule has 0 saturated carbocycles. The molecule has 3 heteroatoms. The average Bonchev–Trinajstić information content (AvgIpc) is 2.37. The zero-order valence-electron chi connectivity index (χ0n) is 10.1. The Bertz CT molecular complexity index is 566. The molecule has 0 radical (unpaired) electrons. The molecule has 0 aromatic heterocycles. The van der Waals surface area contributed by atoms with Gasteiger partial charge in [0.05, 0.1) is 0 Å². The lowest BCUT2D eigenvalue weighted by molar-refractivity contribution is 0.0950. The maximum Gasteiger partial charge on any atom is 0.251 e. The molecular formula is C15H14ClNO. The van der Waals surface area contributed by atoms with Crippen molar-refractivity contribution < 1.29 is 4.79 Å². The van der Waals surface area contributed by atoms with Crippen LogP contribution in [0.2, 0.25) is 5.02 Å². The van der Waals surface area contributed by atoms with Crippen LogP contribution in [0, 0.1) is 6.92 Å². The summed E-state index contributed by atoms with van der Waals surface area (Å²) in [6.45, 7) is 2.40. The summed E-state index contributed by atoms with van der Waals surface area (Å²) < 4.78 is 0. The maximum atomic E-state index is 12.0. The number of halogens is 1. The fraction of sp³-hybridized carbons (Fsp3) is 0.133. The van der Waals surface area contributed by atoms with Crippen LogP contribution in [0.3, 0.4) is 0 Å². The second-order valence-corrected chi connectivity index (χ2v) is 4.56. The van der Waals surface area contributed by atoms with Gasteiger partial charge in [-0.15, -0.1) is 0 Å². The lowest BCUT2D eigenvalue weighted by atomic mass is 10.1. The molecule has 0 unspecified atom stereocenters. The smallest absolute Gasteiger partial charge is 0.251 e. The van der Waals surface area contributed by atoms with Crippen LogP contribution < -0.4 is 5.32 Å². The van der Waals surface area contributed by atoms with Gasteiger partial charge in [-0.25, -0.2) is 0 Å². The van der Waals surface area contributed by atoms with E-state index in [1.165, 1.54) is 0 Å². The van der Waals surface area contributed by atoms with Crippen molar-refractivity contribution in [2.24, 2.45) is 0 Å². The summed E-state index contributed by atoms with van der Waals surface area (Å²) in [5.41, 5.74) is 2.67. The van der Waals surface area contributed by atoms with E-state index in [2.05, 4.69) is 5.32 Å². The molecular weight excluding hydrogens is 246 g/mol. The Kier molecular flexibility index (Phi) is 4.00. The van der Waals surface area contributed by atoms with Crippen LogP contribution in [-0.2, 0) is 6.54 Å². The van der Waals surface area contributed by atoms with Crippen LogP contribution in [-0.4, -0.2) is 5.91 Å². The molecule has 0 aliphatic heterocycles. The van der Waals surface area contributed by atoms with Crippen LogP contribution in [0.25, 0.3) is 0 Å². The largest absolute Gasteiger partial charge is 0.348 e. The molecule has 0 aliphatic rings. The highest BCUT2D eigenvalue weighted by Crippen LogP contribution is 2.11. The molecule has 0 bridgehead atoms. The number of rotatable bonds is 3. The third-order valence-corrected chi connectivity index (χ3v) is 2.97. The predicted molar refractivity (Wildman–Crippen MR) is 73.8 cm³/mol. The molecule has 0 atom stereocenters. The minimum atomic E-state index is -0.0620. The summed E-state index contributed by atoms with van der Waals surface area (Å²) in [7, 11) is 0. The van der Waals surface area contributed by atoms with Crippen molar-refractivity contribution in [1.29, 1.82) is 0 Å². The van der Waals surface area contributed by atoms with Gasteiger partial charge in [0, 0.05) is 17.1 Å². The minimum absolute atomic E-state index is 0.0620. The molecule has 2 nitrogen and oxygen atoms in total. The molecule has 2 aromatic rings. The molecule has 2 aromatic carbocycles. The summed E-state index contributed by atoms with van der Waals surface area (Å²) in [4.78, 5) is 12.0. The van der Waals surface area contributed by atoms with Crippen molar-refractivity contribution in [3.63, 3.8) is 0 Å². The van der Waals surface area contributed by atoms with E-state index < -0.39 is 0 Å². The zero-order valence-corrected chi connectivity index (χ0v) is 10.9. The number of carbonyl (C=O) groups excluding carboxylic acids is 1. The topological polar surface area (TPSA) is 29.1 Å². The lowest BCUT2D eigenvalue weighted by Crippen LogP contribution is -2.23. The summed E-state index contributed by atoms with van der Waals surface area (Å²) in [5, 5.41) is 3.56. The van der Waals surface area contributed by atoms with E-state index in [1.54, 1.807) is 0 Å². The number of benzene rings is 2. The lowest BCUT2D eigenvalue weighted by Gasteiger charge is -2.07. The zero-order chi connectivity index (χ0) is 13.0. The van der Waals surface area contributed by atoms with Crippen molar-refractivity contribution in [1.82, 2.24) is 5.32 Å². The standard InChI is InChI=1S/C15H14ClNO/c1-11-5-2-3-8-14(11)15(18)17-10-12-6-4-7-13(16)9-12/h2-9H,10H2,1H3,(H,17,18). The Hall–Kier alpha value is -1.80. The molecule has 92 valence electrons. The molecule has 0 heterocycles. The van der Waals surface area contributed by atoms with Crippen molar-refractivity contribution in [3.05, 3.63) is 70.2 Å². The third kappa shape index (κ3) is 3.11. The number of hydrogen-bond donors (Lipinski definition) is 1. The molecule has 0 saturated heterocycles. The first-order valence-corrected chi connectivity index (χ1v) is 6.13. The van der Waals surface area contributed by atoms with Crippen molar-refractivity contribution in [2.75, 3.05) is 0 Å². The van der Waals surface area contributed by atoms with Gasteiger partial charge in [-0.1, -0.05) is 41.9 Å². The van der Waals surface area contributed by atoms with Gasteiger partial charge in [-0.3, -0.25) is 4.79 Å². The summed E-state index contributed by atoms with van der Waals surface area (Å²) in [5.74, 6) is -0.0620. The number of amides is 1. The highest BCUT2D eigenvalue weighted by atomic mass is 35.5. The second-order valence-electron chi connectivity index (χ2n) is 4.13. The molecule has 0 fully saturated rings. The number of aryl methyl sites for hydroxylation is 1. The Balaban J connectivity index is 2.03. The Morgan fingerprint density at radius 2 is 1.94 bits per heavy atom. The molecule has 1 N–H and O–H groups in total. The van der Waals surface area contributed by atoms with Crippen molar-refractivity contribution in [3.8, 4) is 0 Å². The molecule has 18 heavy (non-hydrogen) atoms. The van der Waals surface area contributed by atoms with E-state index in [1.807, 2.05) is 55.5 Å². The van der Waals surface area contributed by atoms with E-state index in [0.717, 1.165) is 11.1 Å². The van der Waals surface area contributed by atoms with Crippen molar-refractivity contribution >= 4 is 17.5 Å². The summed E-state index contributed by atoms with van der Waals surface area (Å²) in [6.07, 6.45) is 0. The summed E-state index contributed by atoms with van der Waals surface area (Å²) >= 11 is 5.89. The predicted octanol–water partition coefficient (Wildman–Crippen LogP) is 3.58. The monoisotopic (exact) mass is 259 g/mol. The molecule has 2 rings (SSSR count). The Morgan fingerprint density at radius 3 is 2.67 bits per heavy atom. The van der Waals surface area contributed by atoms with Gasteiger partial charge in [0.1, 0.15) is 0 Å². The first-order chi connectivity index (χ1) is 8.66. The van der Waals surface area contributed by atoms with E-state index in [-0.39, 0.29) is 5.91 Å². The third-order valence-electron chi connectivity index (χ3n) is 2.73. The van der Waals surface area contributed by atoms with E-state index in [9.17, 15) is 4.79 Å². The normalized spacial score (nSPS) is 10.1. The van der Waals surface area contributed by atoms with Crippen LogP contribution >= 0.6 is 11.6 Å². The first-order valence-electron chi connectivity index (χ1n) is 5.75. The molecule has 0 spiro atoms. The first kappa shape index (κ1) is 12.7. The number of nitrogens with one attached hydrogen (secondary N) is 1. The average molecular weight is 260 g/mol. The fourth-order valence-electron chi connectivity index (χ4n) is 1.75. The summed E-state index contributed by atoms with van der Waals surface area (Å²) in [6, 6.07) is 15.0. The van der Waals surface area contributed by atoms with Crippen LogP contribution in [0.4, 0.5) is 0 Å². The highest BCUT2D eigenvalue weighted by molar-refractivity contribution is 6.30. The van der Waals surface area contributed by atoms with E-state index in [0.29, 0.717) is 17.1 Å². The quantitative estimate of drug-likeness (QED) is 0.897. The van der Waals surface area contributed by atoms with Gasteiger partial charge in [0.2, 0.25) is 0 Å². The van der Waals surface area contributed by atoms with Crippen LogP contribution in [0.15, 0.2) is 48.5 Å². The second kappa shape index (κ2) is 5.69. The molecule has 1 amide bonds. The van der Waals surface area contributed by atoms with Gasteiger partial charge in [0.25, 0.3) is 5.91 Å². The van der Waals surface area contributed by atoms with Gasteiger partial charge in [0.15, 0.2) is 0 Å². The van der Waals surface area contributed by atoms with Gasteiger partial charge < -0.3 is 5.32 Å². The number of carbonyl (C=O) groups is 1. The highest BCUT2D eigenvalue weighted by Gasteiger charge is 2.07. The van der Waals surface area contributed by atoms with Crippen molar-refractivity contribution in [2.45, 2.75) is 13.5 Å². The van der Waals surface area contributed by atoms with E-state index >= 15 is 0 Å². The van der Waals surface area contributed by atoms with Gasteiger partial charge in [-0.2, -0.15) is 0 Å². The van der Waals surface area contributed by atoms with Crippen LogP contribution in [0.5, 0.6) is 0 Å². The van der Waals surface area contributed by atoms with Gasteiger partial charge in [-0.05, 0) is 36.2 Å². The van der Waals surface area contributed by atoms with Crippen LogP contribution in [0.1, 0.15) is 21.5 Å². The van der Waals surface area contributed by atoms with E-state index in [4.69, 9.17) is 11.6 Å². The number of hydrogen-bond acceptors (Lipinski definition) is 1. The minimum Gasteiger partial charge on any atom is -0.348 e. The van der Waals surface area contributed by atoms with Gasteiger partial charge >= 0.3 is 0 Å². The Labute approximate surface area is 112 Å².